The molecule has 1 unspecified atom stereocenters. The topological polar surface area (TPSA) is 182 Å². The minimum atomic E-state index is -3.90. The number of benzene rings is 1. The minimum Gasteiger partial charge on any atom is -0.494 e. The molecule has 4 amide bonds. The van der Waals surface area contributed by atoms with Gasteiger partial charge in [0.1, 0.15) is 35.1 Å². The molecule has 3 N–H and O–H groups in total. The second-order valence-corrected chi connectivity index (χ2v) is 18.3. The Bertz CT molecular complexity index is 1910. The SMILES string of the molecule is CCOc1ccc2c(O[C@@H]3C[C@H]4C(=O)N[C@]5(C(=O)NS(=O)(=O)C6CC6)C[C@H]5/C=C\CC[C@@H](C)C[C@@H](C)C(NC(=O)OC(C)(C)C)C(=O)N4C3)nccc2c1. The van der Waals surface area contributed by atoms with Crippen molar-refractivity contribution in [1.82, 2.24) is 25.2 Å². The van der Waals surface area contributed by atoms with E-state index in [4.69, 9.17) is 14.2 Å². The van der Waals surface area contributed by atoms with Gasteiger partial charge in [-0.15, -0.1) is 0 Å². The quantitative estimate of drug-likeness (QED) is 0.327. The number of carbonyl (C=O) groups is 4. The molecule has 1 aromatic heterocycles. The number of hydrogen-bond donors (Lipinski definition) is 3. The molecule has 6 rings (SSSR count). The Kier molecular flexibility index (Phi) is 11.2. The van der Waals surface area contributed by atoms with Crippen LogP contribution in [0.2, 0.25) is 0 Å². The summed E-state index contributed by atoms with van der Waals surface area (Å²) in [6.45, 7) is 11.6. The van der Waals surface area contributed by atoms with Crippen LogP contribution in [-0.4, -0.2) is 89.8 Å². The van der Waals surface area contributed by atoms with Gasteiger partial charge in [-0.1, -0.05) is 26.0 Å². The summed E-state index contributed by atoms with van der Waals surface area (Å²) in [4.78, 5) is 62.0. The van der Waals surface area contributed by atoms with Crippen LogP contribution in [0, 0.1) is 17.8 Å². The molecule has 15 heteroatoms. The van der Waals surface area contributed by atoms with Crippen LogP contribution in [0.15, 0.2) is 42.6 Å². The molecule has 0 radical (unpaired) electrons. The molecule has 3 heterocycles. The van der Waals surface area contributed by atoms with Crippen molar-refractivity contribution in [3.05, 3.63) is 42.6 Å². The molecule has 4 aliphatic rings. The molecule has 54 heavy (non-hydrogen) atoms. The molecule has 7 atom stereocenters. The van der Waals surface area contributed by atoms with E-state index in [2.05, 4.69) is 27.3 Å². The Hall–Kier alpha value is -4.40. The van der Waals surface area contributed by atoms with E-state index in [1.165, 1.54) is 4.90 Å². The molecule has 14 nitrogen and oxygen atoms in total. The van der Waals surface area contributed by atoms with Crippen molar-refractivity contribution in [2.75, 3.05) is 13.2 Å². The van der Waals surface area contributed by atoms with E-state index in [-0.39, 0.29) is 31.2 Å². The van der Waals surface area contributed by atoms with Crippen molar-refractivity contribution < 1.29 is 41.8 Å². The number of amides is 4. The molecule has 0 spiro atoms. The summed E-state index contributed by atoms with van der Waals surface area (Å²) >= 11 is 0. The van der Waals surface area contributed by atoms with Gasteiger partial charge in [-0.25, -0.2) is 18.2 Å². The molecular formula is C39H53N5O9S. The fraction of sp³-hybridized carbons (Fsp3) is 0.615. The van der Waals surface area contributed by atoms with Gasteiger partial charge in [-0.2, -0.15) is 0 Å². The Morgan fingerprint density at radius 2 is 1.85 bits per heavy atom. The van der Waals surface area contributed by atoms with Crippen molar-refractivity contribution in [2.24, 2.45) is 17.8 Å². The smallest absolute Gasteiger partial charge is 0.408 e. The lowest BCUT2D eigenvalue weighted by Gasteiger charge is -2.33. The fourth-order valence-corrected chi connectivity index (χ4v) is 8.93. The van der Waals surface area contributed by atoms with Crippen LogP contribution in [0.25, 0.3) is 10.8 Å². The minimum absolute atomic E-state index is 0.0145. The monoisotopic (exact) mass is 767 g/mol. The zero-order valence-electron chi connectivity index (χ0n) is 31.9. The summed E-state index contributed by atoms with van der Waals surface area (Å²) in [5, 5.41) is 6.62. The second kappa shape index (κ2) is 15.4. The molecule has 294 valence electrons. The number of hydrogen-bond acceptors (Lipinski definition) is 10. The maximum Gasteiger partial charge on any atom is 0.408 e. The maximum atomic E-state index is 14.7. The fourth-order valence-electron chi connectivity index (χ4n) is 7.57. The van der Waals surface area contributed by atoms with Crippen LogP contribution < -0.4 is 24.8 Å². The van der Waals surface area contributed by atoms with E-state index >= 15 is 0 Å². The second-order valence-electron chi connectivity index (χ2n) is 16.3. The molecule has 2 aliphatic carbocycles. The van der Waals surface area contributed by atoms with E-state index < -0.39 is 74.3 Å². The molecule has 2 aliphatic heterocycles. The van der Waals surface area contributed by atoms with Gasteiger partial charge in [0.2, 0.25) is 27.7 Å². The van der Waals surface area contributed by atoms with Gasteiger partial charge < -0.3 is 29.7 Å². The summed E-state index contributed by atoms with van der Waals surface area (Å²) in [5.74, 6) is -1.51. The van der Waals surface area contributed by atoms with Crippen molar-refractivity contribution >= 4 is 44.6 Å². The highest BCUT2D eigenvalue weighted by atomic mass is 32.2. The number of pyridine rings is 1. The zero-order valence-corrected chi connectivity index (χ0v) is 32.7. The number of nitrogens with one attached hydrogen (secondary N) is 3. The molecular weight excluding hydrogens is 715 g/mol. The third-order valence-corrected chi connectivity index (χ3v) is 12.4. The van der Waals surface area contributed by atoms with E-state index in [1.54, 1.807) is 27.0 Å². The highest BCUT2D eigenvalue weighted by Crippen LogP contribution is 2.46. The number of nitrogens with zero attached hydrogens (tertiary/aromatic N) is 2. The number of allylic oxidation sites excluding steroid dienone is 1. The summed E-state index contributed by atoms with van der Waals surface area (Å²) in [6.07, 6.45) is 7.25. The average Bonchev–Trinajstić information content (AvgIpc) is 4.01. The van der Waals surface area contributed by atoms with Crippen LogP contribution in [0.5, 0.6) is 11.6 Å². The van der Waals surface area contributed by atoms with E-state index in [9.17, 15) is 27.6 Å². The highest BCUT2D eigenvalue weighted by Gasteiger charge is 2.62. The average molecular weight is 768 g/mol. The van der Waals surface area contributed by atoms with Gasteiger partial charge in [0.25, 0.3) is 5.91 Å². The van der Waals surface area contributed by atoms with Crippen LogP contribution in [0.3, 0.4) is 0 Å². The predicted molar refractivity (Wildman–Crippen MR) is 201 cm³/mol. The zero-order chi connectivity index (χ0) is 39.0. The summed E-state index contributed by atoms with van der Waals surface area (Å²) in [6, 6.07) is 5.22. The molecule has 2 aromatic rings. The van der Waals surface area contributed by atoms with Crippen molar-refractivity contribution in [1.29, 1.82) is 0 Å². The summed E-state index contributed by atoms with van der Waals surface area (Å²) in [5.41, 5.74) is -2.33. The lowest BCUT2D eigenvalue weighted by Crippen LogP contribution is -2.59. The lowest BCUT2D eigenvalue weighted by molar-refractivity contribution is -0.142. The molecule has 1 aromatic carbocycles. The van der Waals surface area contributed by atoms with Crippen LogP contribution >= 0.6 is 0 Å². The van der Waals surface area contributed by atoms with E-state index in [1.807, 2.05) is 50.3 Å². The van der Waals surface area contributed by atoms with Crippen molar-refractivity contribution in [3.63, 3.8) is 0 Å². The lowest BCUT2D eigenvalue weighted by atomic mass is 9.88. The van der Waals surface area contributed by atoms with Gasteiger partial charge in [0, 0.05) is 23.9 Å². The van der Waals surface area contributed by atoms with Crippen molar-refractivity contribution in [3.8, 4) is 11.6 Å². The van der Waals surface area contributed by atoms with Crippen LogP contribution in [0.4, 0.5) is 4.79 Å². The Balaban J connectivity index is 1.34. The Labute approximate surface area is 317 Å². The first kappa shape index (κ1) is 39.3. The highest BCUT2D eigenvalue weighted by molar-refractivity contribution is 7.91. The summed E-state index contributed by atoms with van der Waals surface area (Å²) in [7, 11) is -3.90. The van der Waals surface area contributed by atoms with Gasteiger partial charge >= 0.3 is 6.09 Å². The normalized spacial score (nSPS) is 29.8. The largest absolute Gasteiger partial charge is 0.494 e. The third-order valence-electron chi connectivity index (χ3n) is 10.6. The number of alkyl carbamates (subject to hydrolysis) is 1. The number of carbonyl (C=O) groups excluding carboxylic acids is 4. The van der Waals surface area contributed by atoms with E-state index in [0.717, 1.165) is 11.8 Å². The van der Waals surface area contributed by atoms with Crippen LogP contribution in [0.1, 0.15) is 86.5 Å². The number of fused-ring (bicyclic) bond motifs is 3. The van der Waals surface area contributed by atoms with Crippen LogP contribution in [-0.2, 0) is 29.1 Å². The van der Waals surface area contributed by atoms with Gasteiger partial charge in [-0.05, 0) is 108 Å². The van der Waals surface area contributed by atoms with E-state index in [0.29, 0.717) is 49.3 Å². The first-order chi connectivity index (χ1) is 25.5. The predicted octanol–water partition coefficient (Wildman–Crippen LogP) is 4.37. The van der Waals surface area contributed by atoms with Gasteiger partial charge in [-0.3, -0.25) is 19.1 Å². The third kappa shape index (κ3) is 8.93. The van der Waals surface area contributed by atoms with Crippen molar-refractivity contribution in [2.45, 2.75) is 121 Å². The van der Waals surface area contributed by atoms with Gasteiger partial charge in [0.15, 0.2) is 0 Å². The Morgan fingerprint density at radius 1 is 1.09 bits per heavy atom. The first-order valence-electron chi connectivity index (χ1n) is 19.0. The number of sulfonamides is 1. The van der Waals surface area contributed by atoms with Gasteiger partial charge in [0.05, 0.1) is 18.4 Å². The maximum absolute atomic E-state index is 14.7. The molecule has 0 bridgehead atoms. The number of rotatable bonds is 8. The summed E-state index contributed by atoms with van der Waals surface area (Å²) < 4.78 is 45.6. The molecule has 2 saturated carbocycles. The number of aromatic nitrogens is 1. The first-order valence-corrected chi connectivity index (χ1v) is 20.6. The molecule has 3 fully saturated rings. The Morgan fingerprint density at radius 3 is 2.56 bits per heavy atom. The molecule has 1 saturated heterocycles. The number of ether oxygens (including phenoxy) is 3. The standard InChI is InChI=1S/C39H53N5O9S/c1-7-51-27-12-15-30-25(19-27)16-17-40-34(30)52-28-20-31-33(45)42-39(36(47)43-54(49,50)29-13-14-29)21-26(39)11-9-8-10-23(2)18-24(3)32(35(46)44(31)22-28)41-37(48)53-38(4,5)6/h9,11-12,15-17,19,23-24,26,28-29,31-32H,7-8,10,13-14,18,20-22H2,1-6H3,(H,41,48)(H,42,45)(H,43,47)/b11-9-/t23-,24-,26-,28-,31+,32?,39-/m1/s1.